The predicted molar refractivity (Wildman–Crippen MR) is 146 cm³/mol. The first-order valence-electron chi connectivity index (χ1n) is 12.5. The third kappa shape index (κ3) is 5.92. The number of nitrogens with zero attached hydrogens (tertiary/aromatic N) is 3. The van der Waals surface area contributed by atoms with Crippen molar-refractivity contribution in [2.24, 2.45) is 0 Å². The van der Waals surface area contributed by atoms with Gasteiger partial charge >= 0.3 is 12.1 Å². The lowest BCUT2D eigenvalue weighted by molar-refractivity contribution is 0.0686. The number of carboxylic acid groups (broad SMARTS) is 1. The van der Waals surface area contributed by atoms with Gasteiger partial charge < -0.3 is 19.1 Å². The van der Waals surface area contributed by atoms with Gasteiger partial charge in [-0.25, -0.2) is 28.3 Å². The molecule has 0 saturated heterocycles. The molecule has 12 heteroatoms. The fraction of sp³-hybridized carbons (Fsp3) is 0.100. The molecular weight excluding hydrogens is 550 g/mol. The summed E-state index contributed by atoms with van der Waals surface area (Å²) in [6.45, 7) is 3.41. The van der Waals surface area contributed by atoms with Crippen LogP contribution in [0, 0.1) is 18.6 Å². The standard InChI is InChI=1S/C30H22F2N4O6/c1-16-24(35-30(39)40-17(2)18-6-4-3-5-7-18)26(42-36-16)20-10-8-19(9-11-20)21-14-22(31)27(23(32)15-21)41-28-25(29(37)38)33-12-13-34-28/h3-15,17H,1-2H3,(H,35,39)(H,37,38)/t17-/m1/s1. The van der Waals surface area contributed by atoms with Gasteiger partial charge in [0.2, 0.25) is 11.4 Å². The van der Waals surface area contributed by atoms with E-state index in [1.54, 1.807) is 38.1 Å². The number of nitrogens with one attached hydrogen (secondary N) is 1. The molecule has 0 unspecified atom stereocenters. The molecule has 0 saturated carbocycles. The number of anilines is 1. The van der Waals surface area contributed by atoms with Crippen LogP contribution < -0.4 is 10.1 Å². The van der Waals surface area contributed by atoms with Gasteiger partial charge in [0.1, 0.15) is 17.5 Å². The van der Waals surface area contributed by atoms with E-state index >= 15 is 0 Å². The molecule has 0 spiro atoms. The number of halogens is 2. The van der Waals surface area contributed by atoms with Crippen LogP contribution >= 0.6 is 0 Å². The van der Waals surface area contributed by atoms with Crippen molar-refractivity contribution in [3.63, 3.8) is 0 Å². The van der Waals surface area contributed by atoms with Crippen LogP contribution in [0.3, 0.4) is 0 Å². The summed E-state index contributed by atoms with van der Waals surface area (Å²) >= 11 is 0. The maximum atomic E-state index is 14.9. The van der Waals surface area contributed by atoms with Crippen LogP contribution in [0.5, 0.6) is 11.6 Å². The second-order valence-corrected chi connectivity index (χ2v) is 9.02. The van der Waals surface area contributed by atoms with E-state index in [0.29, 0.717) is 22.5 Å². The molecule has 212 valence electrons. The SMILES string of the molecule is Cc1noc(-c2ccc(-c3cc(F)c(Oc4nccnc4C(=O)O)c(F)c3)cc2)c1NC(=O)O[C@H](C)c1ccccc1. The molecule has 0 aliphatic carbocycles. The molecule has 0 aliphatic heterocycles. The first kappa shape index (κ1) is 27.9. The molecule has 2 N–H and O–H groups in total. The average Bonchev–Trinajstić information content (AvgIpc) is 3.34. The third-order valence-corrected chi connectivity index (χ3v) is 6.19. The summed E-state index contributed by atoms with van der Waals surface area (Å²) in [5, 5.41) is 15.8. The number of carbonyl (C=O) groups is 2. The summed E-state index contributed by atoms with van der Waals surface area (Å²) in [6, 6.07) is 17.8. The van der Waals surface area contributed by atoms with E-state index in [9.17, 15) is 23.5 Å². The number of carbonyl (C=O) groups excluding carboxylic acids is 1. The summed E-state index contributed by atoms with van der Waals surface area (Å²) in [5.41, 5.74) is 2.16. The molecule has 42 heavy (non-hydrogen) atoms. The van der Waals surface area contributed by atoms with Crippen LogP contribution in [0.15, 0.2) is 83.6 Å². The highest BCUT2D eigenvalue weighted by Crippen LogP contribution is 2.35. The molecule has 0 fully saturated rings. The Hall–Kier alpha value is -5.65. The number of aryl methyl sites for hydroxylation is 1. The predicted octanol–water partition coefficient (Wildman–Crippen LogP) is 7.19. The van der Waals surface area contributed by atoms with Crippen LogP contribution in [0.25, 0.3) is 22.5 Å². The Bertz CT molecular complexity index is 1740. The smallest absolute Gasteiger partial charge is 0.412 e. The van der Waals surface area contributed by atoms with Crippen molar-refractivity contribution in [3.8, 4) is 34.1 Å². The van der Waals surface area contributed by atoms with E-state index in [1.165, 1.54) is 0 Å². The van der Waals surface area contributed by atoms with Gasteiger partial charge in [-0.1, -0.05) is 59.8 Å². The van der Waals surface area contributed by atoms with E-state index in [2.05, 4.69) is 20.4 Å². The Morgan fingerprint density at radius 2 is 1.57 bits per heavy atom. The monoisotopic (exact) mass is 572 g/mol. The first-order valence-corrected chi connectivity index (χ1v) is 12.5. The van der Waals surface area contributed by atoms with Crippen LogP contribution in [0.2, 0.25) is 0 Å². The number of rotatable bonds is 8. The number of aromatic nitrogens is 3. The van der Waals surface area contributed by atoms with Crippen LogP contribution in [0.4, 0.5) is 19.3 Å². The number of ether oxygens (including phenoxy) is 2. The molecule has 2 heterocycles. The molecule has 1 amide bonds. The Kier molecular flexibility index (Phi) is 7.87. The minimum Gasteiger partial charge on any atom is -0.476 e. The van der Waals surface area contributed by atoms with E-state index in [-0.39, 0.29) is 11.3 Å². The molecule has 5 rings (SSSR count). The highest BCUT2D eigenvalue weighted by molar-refractivity contribution is 5.91. The summed E-state index contributed by atoms with van der Waals surface area (Å²) < 4.78 is 45.9. The highest BCUT2D eigenvalue weighted by Gasteiger charge is 2.22. The molecule has 1 atom stereocenters. The summed E-state index contributed by atoms with van der Waals surface area (Å²) in [7, 11) is 0. The van der Waals surface area contributed by atoms with Crippen LogP contribution in [0.1, 0.15) is 34.8 Å². The first-order chi connectivity index (χ1) is 20.2. The highest BCUT2D eigenvalue weighted by atomic mass is 19.1. The number of aromatic carboxylic acids is 1. The van der Waals surface area contributed by atoms with E-state index in [0.717, 1.165) is 30.1 Å². The summed E-state index contributed by atoms with van der Waals surface area (Å²) in [6.07, 6.45) is 1.07. The van der Waals surface area contributed by atoms with Crippen LogP contribution in [-0.2, 0) is 4.74 Å². The van der Waals surface area contributed by atoms with Crippen molar-refractivity contribution in [2.75, 3.05) is 5.32 Å². The summed E-state index contributed by atoms with van der Waals surface area (Å²) in [5.74, 6) is -4.71. The average molecular weight is 573 g/mol. The zero-order valence-electron chi connectivity index (χ0n) is 22.2. The number of benzene rings is 3. The van der Waals surface area contributed by atoms with Gasteiger partial charge in [-0.15, -0.1) is 0 Å². The lowest BCUT2D eigenvalue weighted by Gasteiger charge is -2.14. The number of hydrogen-bond acceptors (Lipinski definition) is 8. The summed E-state index contributed by atoms with van der Waals surface area (Å²) in [4.78, 5) is 31.2. The Balaban J connectivity index is 1.34. The Morgan fingerprint density at radius 3 is 2.24 bits per heavy atom. The van der Waals surface area contributed by atoms with Gasteiger partial charge in [0, 0.05) is 18.0 Å². The Labute approximate surface area is 237 Å². The van der Waals surface area contributed by atoms with Crippen molar-refractivity contribution in [3.05, 3.63) is 108 Å². The normalized spacial score (nSPS) is 11.5. The number of amides is 1. The number of hydrogen-bond donors (Lipinski definition) is 2. The topological polar surface area (TPSA) is 137 Å². The molecule has 10 nitrogen and oxygen atoms in total. The van der Waals surface area contributed by atoms with Gasteiger partial charge in [-0.2, -0.15) is 0 Å². The van der Waals surface area contributed by atoms with Gasteiger partial charge in [0.25, 0.3) is 5.88 Å². The lowest BCUT2D eigenvalue weighted by atomic mass is 10.0. The van der Waals surface area contributed by atoms with Gasteiger partial charge in [-0.3, -0.25) is 5.32 Å². The number of carboxylic acids is 1. The van der Waals surface area contributed by atoms with E-state index in [1.807, 2.05) is 30.3 Å². The molecule has 2 aromatic heterocycles. The Morgan fingerprint density at radius 1 is 0.929 bits per heavy atom. The zero-order valence-corrected chi connectivity index (χ0v) is 22.2. The molecule has 3 aromatic carbocycles. The van der Waals surface area contributed by atoms with Crippen molar-refractivity contribution in [2.45, 2.75) is 20.0 Å². The minimum atomic E-state index is -1.46. The van der Waals surface area contributed by atoms with Gasteiger partial charge in [0.05, 0.1) is 0 Å². The van der Waals surface area contributed by atoms with E-state index in [4.69, 9.17) is 14.0 Å². The maximum absolute atomic E-state index is 14.9. The minimum absolute atomic E-state index is 0.187. The fourth-order valence-electron chi connectivity index (χ4n) is 4.08. The molecular formula is C30H22F2N4O6. The third-order valence-electron chi connectivity index (χ3n) is 6.19. The zero-order chi connectivity index (χ0) is 29.8. The fourth-order valence-corrected chi connectivity index (χ4v) is 4.08. The second-order valence-electron chi connectivity index (χ2n) is 9.02. The lowest BCUT2D eigenvalue weighted by Crippen LogP contribution is -2.16. The van der Waals surface area contributed by atoms with Gasteiger partial charge in [-0.05, 0) is 42.7 Å². The molecule has 5 aromatic rings. The van der Waals surface area contributed by atoms with Crippen molar-refractivity contribution < 1.29 is 37.5 Å². The second kappa shape index (κ2) is 11.8. The van der Waals surface area contributed by atoms with Crippen molar-refractivity contribution >= 4 is 17.7 Å². The quantitative estimate of drug-likeness (QED) is 0.198. The maximum Gasteiger partial charge on any atom is 0.412 e. The molecule has 0 bridgehead atoms. The molecule has 0 aliphatic rings. The largest absolute Gasteiger partial charge is 0.476 e. The van der Waals surface area contributed by atoms with Gasteiger partial charge in [0.15, 0.2) is 17.4 Å². The van der Waals surface area contributed by atoms with Crippen molar-refractivity contribution in [1.29, 1.82) is 0 Å². The van der Waals surface area contributed by atoms with Crippen LogP contribution in [-0.4, -0.2) is 32.3 Å². The van der Waals surface area contributed by atoms with Crippen molar-refractivity contribution in [1.82, 2.24) is 15.1 Å². The van der Waals surface area contributed by atoms with E-state index < -0.39 is 47.1 Å². The molecule has 0 radical (unpaired) electrons.